The largest absolute Gasteiger partial charge is 0.356 e. The SMILES string of the molecule is O=C(NCCCc1ccncc1)[C@@H]1CC12CCN(C(=O)/C=C/c1cccs1)CC2. The molecule has 2 amide bonds. The third kappa shape index (κ3) is 4.93. The molecule has 2 fully saturated rings. The van der Waals surface area contributed by atoms with Crippen molar-refractivity contribution in [3.8, 4) is 0 Å². The fraction of sp³-hybridized carbons (Fsp3) is 0.435. The molecule has 2 aromatic rings. The standard InChI is InChI=1S/C23H27N3O2S/c27-21(6-5-19-4-2-16-29-19)26-14-9-23(10-15-26)17-20(23)22(28)25-11-1-3-18-7-12-24-13-8-18/h2,4-8,12-13,16,20H,1,3,9-11,14-15,17H2,(H,25,28)/b6-5+/t20-/m0/s1. The molecule has 2 aromatic heterocycles. The first-order valence-corrected chi connectivity index (χ1v) is 11.2. The third-order valence-electron chi connectivity index (χ3n) is 6.20. The van der Waals surface area contributed by atoms with Crippen LogP contribution in [0, 0.1) is 11.3 Å². The minimum absolute atomic E-state index is 0.0750. The number of nitrogens with zero attached hydrogens (tertiary/aromatic N) is 2. The van der Waals surface area contributed by atoms with Gasteiger partial charge in [-0.15, -0.1) is 11.3 Å². The van der Waals surface area contributed by atoms with Gasteiger partial charge in [0.15, 0.2) is 0 Å². The number of amides is 2. The first-order valence-electron chi connectivity index (χ1n) is 10.3. The van der Waals surface area contributed by atoms with Crippen LogP contribution >= 0.6 is 11.3 Å². The van der Waals surface area contributed by atoms with E-state index in [0.717, 1.165) is 50.1 Å². The lowest BCUT2D eigenvalue weighted by atomic mass is 9.90. The Hall–Kier alpha value is -2.47. The molecule has 6 heteroatoms. The fourth-order valence-corrected chi connectivity index (χ4v) is 4.88. The number of likely N-dealkylation sites (tertiary alicyclic amines) is 1. The molecule has 1 saturated carbocycles. The molecule has 3 heterocycles. The van der Waals surface area contributed by atoms with Crippen molar-refractivity contribution >= 4 is 29.2 Å². The number of hydrogen-bond acceptors (Lipinski definition) is 4. The van der Waals surface area contributed by atoms with Gasteiger partial charge in [-0.25, -0.2) is 0 Å². The van der Waals surface area contributed by atoms with E-state index in [2.05, 4.69) is 10.3 Å². The summed E-state index contributed by atoms with van der Waals surface area (Å²) >= 11 is 1.63. The van der Waals surface area contributed by atoms with Crippen LogP contribution in [-0.4, -0.2) is 41.3 Å². The van der Waals surface area contributed by atoms with E-state index >= 15 is 0 Å². The Bertz CT molecular complexity index is 856. The lowest BCUT2D eigenvalue weighted by Gasteiger charge is -2.32. The fourth-order valence-electron chi connectivity index (χ4n) is 4.27. The van der Waals surface area contributed by atoms with Crippen LogP contribution in [0.5, 0.6) is 0 Å². The Labute approximate surface area is 175 Å². The van der Waals surface area contributed by atoms with Gasteiger partial charge in [-0.2, -0.15) is 0 Å². The average molecular weight is 410 g/mol. The molecule has 1 aliphatic heterocycles. The minimum atomic E-state index is 0.0750. The number of carbonyl (C=O) groups is 2. The van der Waals surface area contributed by atoms with Gasteiger partial charge in [0.1, 0.15) is 0 Å². The lowest BCUT2D eigenvalue weighted by Crippen LogP contribution is -2.40. The van der Waals surface area contributed by atoms with Crippen LogP contribution in [0.25, 0.3) is 6.08 Å². The maximum absolute atomic E-state index is 12.5. The molecular formula is C23H27N3O2S. The average Bonchev–Trinajstić information content (AvgIpc) is 3.19. The summed E-state index contributed by atoms with van der Waals surface area (Å²) in [6.07, 6.45) is 11.9. The molecule has 5 nitrogen and oxygen atoms in total. The number of rotatable bonds is 7. The molecule has 29 heavy (non-hydrogen) atoms. The Balaban J connectivity index is 1.17. The molecule has 152 valence electrons. The second kappa shape index (κ2) is 8.91. The van der Waals surface area contributed by atoms with E-state index in [1.54, 1.807) is 29.8 Å². The molecule has 1 aliphatic carbocycles. The number of thiophene rings is 1. The molecule has 0 aromatic carbocycles. The van der Waals surface area contributed by atoms with Gasteiger partial charge in [-0.1, -0.05) is 6.07 Å². The van der Waals surface area contributed by atoms with Crippen molar-refractivity contribution in [3.05, 3.63) is 58.6 Å². The highest BCUT2D eigenvalue weighted by Gasteiger charge is 2.58. The maximum atomic E-state index is 12.5. The van der Waals surface area contributed by atoms with Gasteiger partial charge >= 0.3 is 0 Å². The van der Waals surface area contributed by atoms with E-state index in [4.69, 9.17) is 0 Å². The highest BCUT2D eigenvalue weighted by molar-refractivity contribution is 7.10. The first kappa shape index (κ1) is 19.8. The summed E-state index contributed by atoms with van der Waals surface area (Å²) in [5, 5.41) is 5.12. The predicted octanol–water partition coefficient (Wildman–Crippen LogP) is 3.53. The van der Waals surface area contributed by atoms with Crippen molar-refractivity contribution < 1.29 is 9.59 Å². The summed E-state index contributed by atoms with van der Waals surface area (Å²) in [7, 11) is 0. The summed E-state index contributed by atoms with van der Waals surface area (Å²) in [5.74, 6) is 0.394. The van der Waals surface area contributed by atoms with E-state index in [1.807, 2.05) is 40.6 Å². The summed E-state index contributed by atoms with van der Waals surface area (Å²) in [6, 6.07) is 8.02. The quantitative estimate of drug-likeness (QED) is 0.562. The molecule has 1 spiro atoms. The van der Waals surface area contributed by atoms with Crippen LogP contribution in [0.4, 0.5) is 0 Å². The number of piperidine rings is 1. The van der Waals surface area contributed by atoms with Gasteiger partial charge in [-0.3, -0.25) is 14.6 Å². The number of aromatic nitrogens is 1. The van der Waals surface area contributed by atoms with Gasteiger partial charge in [0, 0.05) is 48.9 Å². The Morgan fingerprint density at radius 1 is 1.24 bits per heavy atom. The Morgan fingerprint density at radius 2 is 2.03 bits per heavy atom. The molecule has 4 rings (SSSR count). The van der Waals surface area contributed by atoms with Gasteiger partial charge in [0.05, 0.1) is 0 Å². The molecule has 1 N–H and O–H groups in total. The molecule has 1 saturated heterocycles. The van der Waals surface area contributed by atoms with E-state index in [9.17, 15) is 9.59 Å². The summed E-state index contributed by atoms with van der Waals surface area (Å²) in [4.78, 5) is 31.9. The third-order valence-corrected chi connectivity index (χ3v) is 7.04. The van der Waals surface area contributed by atoms with E-state index in [0.29, 0.717) is 6.54 Å². The van der Waals surface area contributed by atoms with Crippen molar-refractivity contribution in [1.82, 2.24) is 15.2 Å². The summed E-state index contributed by atoms with van der Waals surface area (Å²) < 4.78 is 0. The van der Waals surface area contributed by atoms with Crippen LogP contribution < -0.4 is 5.32 Å². The molecule has 2 aliphatic rings. The van der Waals surface area contributed by atoms with Crippen molar-refractivity contribution in [3.63, 3.8) is 0 Å². The number of aryl methyl sites for hydroxylation is 1. The first-order chi connectivity index (χ1) is 14.2. The van der Waals surface area contributed by atoms with Gasteiger partial charge < -0.3 is 10.2 Å². The summed E-state index contributed by atoms with van der Waals surface area (Å²) in [5.41, 5.74) is 1.38. The van der Waals surface area contributed by atoms with Crippen LogP contribution in [0.1, 0.15) is 36.1 Å². The zero-order valence-corrected chi connectivity index (χ0v) is 17.4. The van der Waals surface area contributed by atoms with E-state index in [-0.39, 0.29) is 23.1 Å². The van der Waals surface area contributed by atoms with E-state index < -0.39 is 0 Å². The second-order valence-electron chi connectivity index (χ2n) is 8.04. The normalized spacial score (nSPS) is 20.1. The highest BCUT2D eigenvalue weighted by Crippen LogP contribution is 2.59. The molecule has 0 radical (unpaired) electrons. The number of hydrogen-bond donors (Lipinski definition) is 1. The second-order valence-corrected chi connectivity index (χ2v) is 9.02. The van der Waals surface area contributed by atoms with Crippen molar-refractivity contribution in [1.29, 1.82) is 0 Å². The maximum Gasteiger partial charge on any atom is 0.246 e. The Morgan fingerprint density at radius 3 is 2.76 bits per heavy atom. The molecule has 1 atom stereocenters. The number of nitrogens with one attached hydrogen (secondary N) is 1. The lowest BCUT2D eigenvalue weighted by molar-refractivity contribution is -0.127. The molecular weight excluding hydrogens is 382 g/mol. The van der Waals surface area contributed by atoms with Crippen molar-refractivity contribution in [2.75, 3.05) is 19.6 Å². The van der Waals surface area contributed by atoms with Crippen LogP contribution in [-0.2, 0) is 16.0 Å². The van der Waals surface area contributed by atoms with Crippen LogP contribution in [0.15, 0.2) is 48.1 Å². The van der Waals surface area contributed by atoms with Crippen molar-refractivity contribution in [2.45, 2.75) is 32.1 Å². The highest BCUT2D eigenvalue weighted by atomic mass is 32.1. The summed E-state index contributed by atoms with van der Waals surface area (Å²) in [6.45, 7) is 2.21. The molecule has 0 bridgehead atoms. The van der Waals surface area contributed by atoms with Gasteiger partial charge in [0.2, 0.25) is 11.8 Å². The monoisotopic (exact) mass is 409 g/mol. The van der Waals surface area contributed by atoms with Crippen molar-refractivity contribution in [2.24, 2.45) is 11.3 Å². The predicted molar refractivity (Wildman–Crippen MR) is 115 cm³/mol. The van der Waals surface area contributed by atoms with Gasteiger partial charge in [-0.05, 0) is 72.7 Å². The number of pyridine rings is 1. The minimum Gasteiger partial charge on any atom is -0.356 e. The van der Waals surface area contributed by atoms with E-state index in [1.165, 1.54) is 5.56 Å². The Kier molecular flexibility index (Phi) is 6.09. The van der Waals surface area contributed by atoms with Crippen LogP contribution in [0.2, 0.25) is 0 Å². The number of carbonyl (C=O) groups excluding carboxylic acids is 2. The van der Waals surface area contributed by atoms with Gasteiger partial charge in [0.25, 0.3) is 0 Å². The topological polar surface area (TPSA) is 62.3 Å². The zero-order chi connectivity index (χ0) is 20.1. The van der Waals surface area contributed by atoms with Crippen LogP contribution in [0.3, 0.4) is 0 Å². The zero-order valence-electron chi connectivity index (χ0n) is 16.5. The smallest absolute Gasteiger partial charge is 0.246 e. The molecule has 0 unspecified atom stereocenters.